The van der Waals surface area contributed by atoms with Crippen LogP contribution in [0.25, 0.3) is 0 Å². The van der Waals surface area contributed by atoms with Gasteiger partial charge in [0.25, 0.3) is 0 Å². The van der Waals surface area contributed by atoms with Crippen molar-refractivity contribution in [2.24, 2.45) is 5.73 Å². The Morgan fingerprint density at radius 3 is 2.63 bits per heavy atom. The number of carbonyl (C=O) groups is 1. The van der Waals surface area contributed by atoms with Gasteiger partial charge in [-0.15, -0.1) is 5.10 Å². The Labute approximate surface area is 179 Å². The van der Waals surface area contributed by atoms with Gasteiger partial charge in [0.05, 0.1) is 12.7 Å². The van der Waals surface area contributed by atoms with Gasteiger partial charge in [0.15, 0.2) is 0 Å². The van der Waals surface area contributed by atoms with E-state index in [9.17, 15) is 4.79 Å². The lowest BCUT2D eigenvalue weighted by molar-refractivity contribution is -0.130. The molecule has 8 nitrogen and oxygen atoms in total. The van der Waals surface area contributed by atoms with Crippen LogP contribution in [0.2, 0.25) is 0 Å². The number of nitrogens with two attached hydrogens (primary N) is 1. The van der Waals surface area contributed by atoms with Crippen molar-refractivity contribution in [1.29, 1.82) is 0 Å². The lowest BCUT2D eigenvalue weighted by Crippen LogP contribution is -2.39. The Morgan fingerprint density at radius 1 is 1.23 bits per heavy atom. The summed E-state index contributed by atoms with van der Waals surface area (Å²) in [7, 11) is 3.65. The highest BCUT2D eigenvalue weighted by atomic mass is 16.2. The maximum Gasteiger partial charge on any atom is 0.223 e. The zero-order chi connectivity index (χ0) is 21.3. The molecule has 0 unspecified atom stereocenters. The zero-order valence-electron chi connectivity index (χ0n) is 18.3. The van der Waals surface area contributed by atoms with Crippen LogP contribution in [0, 0.1) is 0 Å². The number of aromatic nitrogens is 3. The smallest absolute Gasteiger partial charge is 0.223 e. The second-order valence-electron chi connectivity index (χ2n) is 8.26. The van der Waals surface area contributed by atoms with Crippen LogP contribution in [-0.2, 0) is 30.8 Å². The Bertz CT molecular complexity index is 781. The number of hydrogen-bond donors (Lipinski definition) is 2. The maximum absolute atomic E-state index is 12.0. The van der Waals surface area contributed by atoms with E-state index in [4.69, 9.17) is 5.73 Å². The van der Waals surface area contributed by atoms with Gasteiger partial charge in [-0.2, -0.15) is 0 Å². The monoisotopic (exact) mass is 413 g/mol. The molecular weight excluding hydrogens is 378 g/mol. The molecule has 1 aromatic carbocycles. The summed E-state index contributed by atoms with van der Waals surface area (Å²) in [5, 5.41) is 11.4. The Balaban J connectivity index is 1.43. The molecule has 1 saturated heterocycles. The fourth-order valence-electron chi connectivity index (χ4n) is 3.70. The van der Waals surface area contributed by atoms with Gasteiger partial charge in [-0.05, 0) is 50.5 Å². The van der Waals surface area contributed by atoms with Crippen molar-refractivity contribution < 1.29 is 4.79 Å². The first-order chi connectivity index (χ1) is 14.5. The standard InChI is InChI=1S/C22H35N7O/c1-24-11-7-22(30)27(2)16-21-17-29(26-25-21)14-8-18-3-5-19(6-4-18)15-28-12-9-20(23)10-13-28/h3-6,17,20,24H,7-16,23H2,1-2H3. The fourth-order valence-corrected chi connectivity index (χ4v) is 3.70. The fraction of sp³-hybridized carbons (Fsp3) is 0.591. The van der Waals surface area contributed by atoms with E-state index in [1.807, 2.05) is 17.9 Å². The molecule has 0 spiro atoms. The van der Waals surface area contributed by atoms with Gasteiger partial charge in [0, 0.05) is 39.1 Å². The molecule has 1 fully saturated rings. The summed E-state index contributed by atoms with van der Waals surface area (Å²) >= 11 is 0. The minimum absolute atomic E-state index is 0.103. The molecule has 2 heterocycles. The van der Waals surface area contributed by atoms with E-state index >= 15 is 0 Å². The number of aryl methyl sites for hydroxylation is 2. The Hall–Kier alpha value is -2.29. The third-order valence-corrected chi connectivity index (χ3v) is 5.69. The highest BCUT2D eigenvalue weighted by Crippen LogP contribution is 2.14. The largest absolute Gasteiger partial charge is 0.340 e. The third-order valence-electron chi connectivity index (χ3n) is 5.69. The normalized spacial score (nSPS) is 15.4. The van der Waals surface area contributed by atoms with Crippen LogP contribution in [0.4, 0.5) is 0 Å². The molecule has 1 amide bonds. The number of carbonyl (C=O) groups excluding carboxylic acids is 1. The van der Waals surface area contributed by atoms with Crippen LogP contribution >= 0.6 is 0 Å². The van der Waals surface area contributed by atoms with Gasteiger partial charge in [-0.3, -0.25) is 14.4 Å². The van der Waals surface area contributed by atoms with E-state index < -0.39 is 0 Å². The van der Waals surface area contributed by atoms with Crippen LogP contribution in [0.1, 0.15) is 36.1 Å². The summed E-state index contributed by atoms with van der Waals surface area (Å²) in [5.74, 6) is 0.103. The molecule has 1 aliphatic rings. The minimum atomic E-state index is 0.103. The summed E-state index contributed by atoms with van der Waals surface area (Å²) in [6, 6.07) is 9.24. The van der Waals surface area contributed by atoms with Crippen LogP contribution < -0.4 is 11.1 Å². The van der Waals surface area contributed by atoms with Gasteiger partial charge >= 0.3 is 0 Å². The first-order valence-corrected chi connectivity index (χ1v) is 10.9. The SMILES string of the molecule is CNCCC(=O)N(C)Cc1cn(CCc2ccc(CN3CCC(N)CC3)cc2)nn1. The quantitative estimate of drug-likeness (QED) is 0.604. The number of benzene rings is 1. The van der Waals surface area contributed by atoms with Gasteiger partial charge in [0.2, 0.25) is 5.91 Å². The van der Waals surface area contributed by atoms with E-state index in [0.717, 1.165) is 51.1 Å². The number of nitrogens with one attached hydrogen (secondary N) is 1. The highest BCUT2D eigenvalue weighted by Gasteiger charge is 2.16. The molecule has 1 aliphatic heterocycles. The summed E-state index contributed by atoms with van der Waals surface area (Å²) in [5.41, 5.74) is 9.44. The molecule has 0 aliphatic carbocycles. The van der Waals surface area contributed by atoms with Crippen molar-refractivity contribution in [1.82, 2.24) is 30.1 Å². The average molecular weight is 414 g/mol. The third kappa shape index (κ3) is 6.90. The second kappa shape index (κ2) is 11.2. The summed E-state index contributed by atoms with van der Waals surface area (Å²) in [6.45, 7) is 5.12. The first kappa shape index (κ1) is 22.4. The lowest BCUT2D eigenvalue weighted by atomic mass is 10.0. The zero-order valence-corrected chi connectivity index (χ0v) is 18.3. The number of rotatable bonds is 10. The number of piperidine rings is 1. The Kier molecular flexibility index (Phi) is 8.36. The predicted molar refractivity (Wildman–Crippen MR) is 118 cm³/mol. The van der Waals surface area contributed by atoms with Crippen LogP contribution in [0.5, 0.6) is 0 Å². The lowest BCUT2D eigenvalue weighted by Gasteiger charge is -2.30. The molecule has 2 aromatic rings. The van der Waals surface area contributed by atoms with Crippen LogP contribution in [0.3, 0.4) is 0 Å². The molecule has 3 rings (SSSR count). The predicted octanol–water partition coefficient (Wildman–Crippen LogP) is 1.01. The summed E-state index contributed by atoms with van der Waals surface area (Å²) in [6.07, 6.45) is 5.51. The van der Waals surface area contributed by atoms with Crippen LogP contribution in [0.15, 0.2) is 30.5 Å². The van der Waals surface area contributed by atoms with Gasteiger partial charge in [0.1, 0.15) is 5.69 Å². The maximum atomic E-state index is 12.0. The number of amides is 1. The second-order valence-corrected chi connectivity index (χ2v) is 8.26. The summed E-state index contributed by atoms with van der Waals surface area (Å²) < 4.78 is 1.85. The van der Waals surface area contributed by atoms with Crippen molar-refractivity contribution in [2.75, 3.05) is 33.7 Å². The van der Waals surface area contributed by atoms with E-state index in [2.05, 4.69) is 44.8 Å². The summed E-state index contributed by atoms with van der Waals surface area (Å²) in [4.78, 5) is 16.2. The Morgan fingerprint density at radius 2 is 1.93 bits per heavy atom. The molecule has 8 heteroatoms. The van der Waals surface area contributed by atoms with Gasteiger partial charge in [-0.25, -0.2) is 0 Å². The van der Waals surface area contributed by atoms with Crippen molar-refractivity contribution in [3.8, 4) is 0 Å². The van der Waals surface area contributed by atoms with Crippen molar-refractivity contribution in [3.05, 3.63) is 47.3 Å². The number of likely N-dealkylation sites (tertiary alicyclic amines) is 1. The molecule has 0 radical (unpaired) electrons. The van der Waals surface area contributed by atoms with Crippen molar-refractivity contribution >= 4 is 5.91 Å². The van der Waals surface area contributed by atoms with E-state index in [0.29, 0.717) is 25.6 Å². The molecule has 3 N–H and O–H groups in total. The minimum Gasteiger partial charge on any atom is -0.340 e. The number of nitrogens with zero attached hydrogens (tertiary/aromatic N) is 5. The van der Waals surface area contributed by atoms with Crippen molar-refractivity contribution in [3.63, 3.8) is 0 Å². The molecule has 0 bridgehead atoms. The molecule has 30 heavy (non-hydrogen) atoms. The average Bonchev–Trinajstić information content (AvgIpc) is 3.20. The van der Waals surface area contributed by atoms with E-state index in [1.54, 1.807) is 11.9 Å². The number of hydrogen-bond acceptors (Lipinski definition) is 6. The van der Waals surface area contributed by atoms with Crippen LogP contribution in [-0.4, -0.2) is 70.5 Å². The van der Waals surface area contributed by atoms with E-state index in [-0.39, 0.29) is 5.91 Å². The molecule has 164 valence electrons. The topological polar surface area (TPSA) is 92.3 Å². The van der Waals surface area contributed by atoms with Gasteiger partial charge in [-0.1, -0.05) is 29.5 Å². The van der Waals surface area contributed by atoms with Crippen molar-refractivity contribution in [2.45, 2.75) is 51.4 Å². The van der Waals surface area contributed by atoms with E-state index in [1.165, 1.54) is 11.1 Å². The first-order valence-electron chi connectivity index (χ1n) is 10.9. The molecular formula is C22H35N7O. The molecule has 0 atom stereocenters. The van der Waals surface area contributed by atoms with Gasteiger partial charge < -0.3 is 16.0 Å². The molecule has 1 aromatic heterocycles. The highest BCUT2D eigenvalue weighted by molar-refractivity contribution is 5.75. The molecule has 0 saturated carbocycles.